The van der Waals surface area contributed by atoms with Gasteiger partial charge in [0.1, 0.15) is 5.01 Å². The van der Waals surface area contributed by atoms with Crippen LogP contribution in [0.1, 0.15) is 10.4 Å². The third kappa shape index (κ3) is 3.34. The van der Waals surface area contributed by atoms with Crippen LogP contribution in [0.25, 0.3) is 16.3 Å². The summed E-state index contributed by atoms with van der Waals surface area (Å²) in [7, 11) is 0. The Morgan fingerprint density at radius 2 is 1.80 bits per heavy atom. The number of hydrogen-bond donors (Lipinski definition) is 1. The fraction of sp³-hybridized carbons (Fsp3) is 0. The number of thiazole rings is 1. The lowest BCUT2D eigenvalue weighted by Crippen LogP contribution is -2.11. The smallest absolute Gasteiger partial charge is 0.255 e. The van der Waals surface area contributed by atoms with Crippen LogP contribution in [0.2, 0.25) is 0 Å². The van der Waals surface area contributed by atoms with E-state index in [0.717, 1.165) is 21.9 Å². The number of carbonyl (C=O) groups is 1. The largest absolute Gasteiger partial charge is 0.322 e. The Balaban J connectivity index is 1.46. The molecule has 0 spiro atoms. The third-order valence-corrected chi connectivity index (χ3v) is 4.54. The standard InChI is InChI=1S/C19H14N4OS/c24-18(14-4-8-17(9-5-14)23-12-1-10-21-23)22-16-6-2-15(3-7-16)19-20-11-13-25-19/h1-13H,(H,22,24). The van der Waals surface area contributed by atoms with Crippen LogP contribution in [0.4, 0.5) is 5.69 Å². The Bertz CT molecular complexity index is 959. The molecule has 25 heavy (non-hydrogen) atoms. The number of hydrogen-bond acceptors (Lipinski definition) is 4. The van der Waals surface area contributed by atoms with E-state index in [-0.39, 0.29) is 5.91 Å². The first-order valence-corrected chi connectivity index (χ1v) is 8.59. The van der Waals surface area contributed by atoms with Gasteiger partial charge in [-0.3, -0.25) is 4.79 Å². The second kappa shape index (κ2) is 6.70. The van der Waals surface area contributed by atoms with Gasteiger partial charge in [-0.1, -0.05) is 0 Å². The SMILES string of the molecule is O=C(Nc1ccc(-c2nccs2)cc1)c1ccc(-n2cccn2)cc1. The van der Waals surface area contributed by atoms with E-state index in [9.17, 15) is 4.79 Å². The average Bonchev–Trinajstić information content (AvgIpc) is 3.36. The lowest BCUT2D eigenvalue weighted by Gasteiger charge is -2.07. The summed E-state index contributed by atoms with van der Waals surface area (Å²) in [5.41, 5.74) is 3.30. The summed E-state index contributed by atoms with van der Waals surface area (Å²) in [5, 5.41) is 9.98. The minimum Gasteiger partial charge on any atom is -0.322 e. The average molecular weight is 346 g/mol. The van der Waals surface area contributed by atoms with Crippen molar-refractivity contribution in [2.45, 2.75) is 0 Å². The summed E-state index contributed by atoms with van der Waals surface area (Å²) >= 11 is 1.59. The molecule has 0 unspecified atom stereocenters. The van der Waals surface area contributed by atoms with E-state index in [4.69, 9.17) is 0 Å². The molecule has 0 saturated heterocycles. The number of rotatable bonds is 4. The molecule has 0 bridgehead atoms. The van der Waals surface area contributed by atoms with Gasteiger partial charge in [-0.2, -0.15) is 5.10 Å². The van der Waals surface area contributed by atoms with Crippen LogP contribution in [-0.4, -0.2) is 20.7 Å². The maximum absolute atomic E-state index is 12.4. The Kier molecular flexibility index (Phi) is 4.10. The number of aromatic nitrogens is 3. The van der Waals surface area contributed by atoms with E-state index >= 15 is 0 Å². The zero-order valence-electron chi connectivity index (χ0n) is 13.2. The summed E-state index contributed by atoms with van der Waals surface area (Å²) in [6.45, 7) is 0. The second-order valence-electron chi connectivity index (χ2n) is 5.37. The lowest BCUT2D eigenvalue weighted by atomic mass is 10.1. The Morgan fingerprint density at radius 3 is 2.44 bits per heavy atom. The maximum atomic E-state index is 12.4. The van der Waals surface area contributed by atoms with Crippen LogP contribution < -0.4 is 5.32 Å². The van der Waals surface area contributed by atoms with Crippen molar-refractivity contribution in [1.29, 1.82) is 0 Å². The molecule has 122 valence electrons. The van der Waals surface area contributed by atoms with Crippen molar-refractivity contribution in [1.82, 2.24) is 14.8 Å². The molecule has 0 fully saturated rings. The lowest BCUT2D eigenvalue weighted by molar-refractivity contribution is 0.102. The first-order chi connectivity index (χ1) is 12.3. The molecular formula is C19H14N4OS. The highest BCUT2D eigenvalue weighted by Gasteiger charge is 2.07. The Labute approximate surface area is 148 Å². The minimum absolute atomic E-state index is 0.144. The molecule has 4 aromatic rings. The summed E-state index contributed by atoms with van der Waals surface area (Å²) in [6, 6.07) is 16.8. The maximum Gasteiger partial charge on any atom is 0.255 e. The Morgan fingerprint density at radius 1 is 1.00 bits per heavy atom. The molecule has 0 radical (unpaired) electrons. The number of anilines is 1. The summed E-state index contributed by atoms with van der Waals surface area (Å²) in [6.07, 6.45) is 5.36. The highest BCUT2D eigenvalue weighted by atomic mass is 32.1. The van der Waals surface area contributed by atoms with Crippen molar-refractivity contribution < 1.29 is 4.79 Å². The summed E-state index contributed by atoms with van der Waals surface area (Å²) in [5.74, 6) is -0.144. The second-order valence-corrected chi connectivity index (χ2v) is 6.26. The topological polar surface area (TPSA) is 59.8 Å². The van der Waals surface area contributed by atoms with Gasteiger partial charge in [0, 0.05) is 40.8 Å². The zero-order valence-corrected chi connectivity index (χ0v) is 14.0. The molecule has 0 saturated carbocycles. The highest BCUT2D eigenvalue weighted by molar-refractivity contribution is 7.13. The van der Waals surface area contributed by atoms with Gasteiger partial charge in [0.15, 0.2) is 0 Å². The van der Waals surface area contributed by atoms with Crippen molar-refractivity contribution in [3.63, 3.8) is 0 Å². The fourth-order valence-corrected chi connectivity index (χ4v) is 3.10. The van der Waals surface area contributed by atoms with Gasteiger partial charge >= 0.3 is 0 Å². The van der Waals surface area contributed by atoms with E-state index in [1.165, 1.54) is 0 Å². The van der Waals surface area contributed by atoms with Crippen molar-refractivity contribution in [3.8, 4) is 16.3 Å². The van der Waals surface area contributed by atoms with Crippen LogP contribution in [0, 0.1) is 0 Å². The highest BCUT2D eigenvalue weighted by Crippen LogP contribution is 2.23. The minimum atomic E-state index is -0.144. The van der Waals surface area contributed by atoms with Gasteiger partial charge in [-0.25, -0.2) is 9.67 Å². The van der Waals surface area contributed by atoms with Gasteiger partial charge in [0.2, 0.25) is 0 Å². The van der Waals surface area contributed by atoms with Crippen molar-refractivity contribution >= 4 is 22.9 Å². The number of amides is 1. The molecule has 6 heteroatoms. The number of benzene rings is 2. The number of nitrogens with one attached hydrogen (secondary N) is 1. The van der Waals surface area contributed by atoms with Crippen molar-refractivity contribution in [2.75, 3.05) is 5.32 Å². The van der Waals surface area contributed by atoms with Gasteiger partial charge in [0.25, 0.3) is 5.91 Å². The normalized spacial score (nSPS) is 10.6. The van der Waals surface area contributed by atoms with Crippen molar-refractivity contribution in [2.24, 2.45) is 0 Å². The molecule has 0 aliphatic heterocycles. The first kappa shape index (κ1) is 15.3. The van der Waals surface area contributed by atoms with Gasteiger partial charge in [0.05, 0.1) is 5.69 Å². The molecule has 2 aromatic heterocycles. The molecule has 4 rings (SSSR count). The molecule has 2 heterocycles. The predicted molar refractivity (Wildman–Crippen MR) is 99.1 cm³/mol. The monoisotopic (exact) mass is 346 g/mol. The van der Waals surface area contributed by atoms with E-state index in [2.05, 4.69) is 15.4 Å². The molecule has 1 N–H and O–H groups in total. The van der Waals surface area contributed by atoms with Gasteiger partial charge < -0.3 is 5.32 Å². The van der Waals surface area contributed by atoms with E-state index in [0.29, 0.717) is 5.56 Å². The summed E-state index contributed by atoms with van der Waals surface area (Å²) in [4.78, 5) is 16.7. The van der Waals surface area contributed by atoms with Crippen LogP contribution in [0.3, 0.4) is 0 Å². The van der Waals surface area contributed by atoms with Crippen molar-refractivity contribution in [3.05, 3.63) is 84.1 Å². The van der Waals surface area contributed by atoms with Crippen LogP contribution >= 0.6 is 11.3 Å². The van der Waals surface area contributed by atoms with Crippen LogP contribution in [0.5, 0.6) is 0 Å². The third-order valence-electron chi connectivity index (χ3n) is 3.72. The molecule has 0 aliphatic carbocycles. The van der Waals surface area contributed by atoms with E-state index < -0.39 is 0 Å². The number of carbonyl (C=O) groups excluding carboxylic acids is 1. The van der Waals surface area contributed by atoms with Crippen LogP contribution in [-0.2, 0) is 0 Å². The van der Waals surface area contributed by atoms with E-state index in [1.54, 1.807) is 40.5 Å². The first-order valence-electron chi connectivity index (χ1n) is 7.71. The van der Waals surface area contributed by atoms with E-state index in [1.807, 2.05) is 54.0 Å². The molecule has 0 atom stereocenters. The number of nitrogens with zero attached hydrogens (tertiary/aromatic N) is 3. The van der Waals surface area contributed by atoms with Gasteiger partial charge in [-0.15, -0.1) is 11.3 Å². The molecule has 1 amide bonds. The predicted octanol–water partition coefficient (Wildman–Crippen LogP) is 4.25. The van der Waals surface area contributed by atoms with Gasteiger partial charge in [-0.05, 0) is 54.6 Å². The molecule has 5 nitrogen and oxygen atoms in total. The van der Waals surface area contributed by atoms with Crippen LogP contribution in [0.15, 0.2) is 78.6 Å². The Hall–Kier alpha value is -3.25. The summed E-state index contributed by atoms with van der Waals surface area (Å²) < 4.78 is 1.75. The zero-order chi connectivity index (χ0) is 17.1. The quantitative estimate of drug-likeness (QED) is 0.601. The molecule has 2 aromatic carbocycles. The fourth-order valence-electron chi connectivity index (χ4n) is 2.45. The molecule has 0 aliphatic rings. The molecular weight excluding hydrogens is 332 g/mol.